The highest BCUT2D eigenvalue weighted by Crippen LogP contribution is 2.32. The van der Waals surface area contributed by atoms with Gasteiger partial charge in [0.05, 0.1) is 5.56 Å². The number of anilines is 1. The van der Waals surface area contributed by atoms with Crippen LogP contribution < -0.4 is 10.6 Å². The fourth-order valence-corrected chi connectivity index (χ4v) is 3.42. The van der Waals surface area contributed by atoms with Crippen molar-refractivity contribution in [2.24, 2.45) is 5.73 Å². The first-order valence-corrected chi connectivity index (χ1v) is 7.34. The summed E-state index contributed by atoms with van der Waals surface area (Å²) < 4.78 is 0. The highest BCUT2D eigenvalue weighted by atomic mass is 15.2. The number of nitrogens with two attached hydrogens (primary N) is 1. The number of hydrogen-bond donors (Lipinski definition) is 2. The van der Waals surface area contributed by atoms with E-state index in [-0.39, 0.29) is 5.84 Å². The van der Waals surface area contributed by atoms with Crippen LogP contribution in [0.5, 0.6) is 0 Å². The van der Waals surface area contributed by atoms with E-state index >= 15 is 0 Å². The zero-order valence-corrected chi connectivity index (χ0v) is 11.6. The van der Waals surface area contributed by atoms with Crippen molar-refractivity contribution in [2.45, 2.75) is 51.5 Å². The molecule has 4 nitrogen and oxygen atoms in total. The van der Waals surface area contributed by atoms with E-state index in [9.17, 15) is 0 Å². The van der Waals surface area contributed by atoms with Gasteiger partial charge in [-0.05, 0) is 50.2 Å². The molecule has 0 radical (unpaired) electrons. The highest BCUT2D eigenvalue weighted by Gasteiger charge is 2.28. The number of nitrogens with zero attached hydrogens (tertiary/aromatic N) is 2. The molecule has 0 amide bonds. The average molecular weight is 258 g/mol. The summed E-state index contributed by atoms with van der Waals surface area (Å²) in [6, 6.07) is 2.67. The molecule has 1 atom stereocenters. The van der Waals surface area contributed by atoms with Gasteiger partial charge in [0.2, 0.25) is 0 Å². The van der Waals surface area contributed by atoms with Crippen molar-refractivity contribution in [1.29, 1.82) is 5.41 Å². The summed E-state index contributed by atoms with van der Waals surface area (Å²) in [6.07, 6.45) is 6.92. The lowest BCUT2D eigenvalue weighted by Gasteiger charge is -2.27. The van der Waals surface area contributed by atoms with Crippen LogP contribution in [0.4, 0.5) is 5.82 Å². The van der Waals surface area contributed by atoms with Crippen molar-refractivity contribution in [3.05, 3.63) is 22.9 Å². The van der Waals surface area contributed by atoms with Crippen molar-refractivity contribution < 1.29 is 0 Å². The van der Waals surface area contributed by atoms with Gasteiger partial charge in [-0.25, -0.2) is 4.98 Å². The number of hydrogen-bond acceptors (Lipinski definition) is 3. The molecule has 1 fully saturated rings. The van der Waals surface area contributed by atoms with Gasteiger partial charge >= 0.3 is 0 Å². The first-order chi connectivity index (χ1) is 9.20. The van der Waals surface area contributed by atoms with Gasteiger partial charge in [-0.3, -0.25) is 5.41 Å². The lowest BCUT2D eigenvalue weighted by atomic mass is 10.1. The zero-order chi connectivity index (χ0) is 13.4. The number of nitrogens with one attached hydrogen (secondary N) is 1. The van der Waals surface area contributed by atoms with E-state index in [0.29, 0.717) is 6.04 Å². The molecule has 4 heteroatoms. The van der Waals surface area contributed by atoms with Gasteiger partial charge in [0, 0.05) is 18.3 Å². The number of rotatable bonds is 3. The molecule has 1 aromatic heterocycles. The third-order valence-electron chi connectivity index (χ3n) is 4.44. The minimum atomic E-state index is 0.152. The van der Waals surface area contributed by atoms with E-state index in [1.165, 1.54) is 30.5 Å². The molecule has 2 heterocycles. The zero-order valence-electron chi connectivity index (χ0n) is 11.6. The summed E-state index contributed by atoms with van der Waals surface area (Å²) >= 11 is 0. The Bertz CT molecular complexity index is 509. The van der Waals surface area contributed by atoms with Crippen molar-refractivity contribution in [3.63, 3.8) is 0 Å². The van der Waals surface area contributed by atoms with Crippen molar-refractivity contribution in [1.82, 2.24) is 4.98 Å². The number of fused-ring (bicyclic) bond motifs is 1. The summed E-state index contributed by atoms with van der Waals surface area (Å²) in [7, 11) is 0. The Morgan fingerprint density at radius 3 is 3.05 bits per heavy atom. The lowest BCUT2D eigenvalue weighted by molar-refractivity contribution is 0.639. The fraction of sp³-hybridized carbons (Fsp3) is 0.600. The predicted molar refractivity (Wildman–Crippen MR) is 77.9 cm³/mol. The maximum absolute atomic E-state index is 7.84. The second-order valence-corrected chi connectivity index (χ2v) is 5.63. The Balaban J connectivity index is 2.06. The van der Waals surface area contributed by atoms with Crippen LogP contribution in [0.15, 0.2) is 6.07 Å². The normalized spacial score (nSPS) is 21.7. The molecule has 1 saturated heterocycles. The van der Waals surface area contributed by atoms with Crippen molar-refractivity contribution in [2.75, 3.05) is 11.4 Å². The third-order valence-corrected chi connectivity index (χ3v) is 4.44. The van der Waals surface area contributed by atoms with Gasteiger partial charge in [-0.1, -0.05) is 6.92 Å². The molecule has 19 heavy (non-hydrogen) atoms. The molecule has 1 aliphatic carbocycles. The molecule has 102 valence electrons. The minimum Gasteiger partial charge on any atom is -0.384 e. The Morgan fingerprint density at radius 2 is 2.32 bits per heavy atom. The summed E-state index contributed by atoms with van der Waals surface area (Å²) in [6.45, 7) is 3.27. The van der Waals surface area contributed by atoms with Crippen LogP contribution in [0.25, 0.3) is 0 Å². The van der Waals surface area contributed by atoms with E-state index in [4.69, 9.17) is 16.1 Å². The van der Waals surface area contributed by atoms with E-state index in [0.717, 1.165) is 37.2 Å². The van der Waals surface area contributed by atoms with Crippen molar-refractivity contribution in [3.8, 4) is 0 Å². The molecule has 0 spiro atoms. The molecule has 3 rings (SSSR count). The number of amidine groups is 1. The Hall–Kier alpha value is -1.58. The summed E-state index contributed by atoms with van der Waals surface area (Å²) in [5, 5.41) is 7.84. The Kier molecular flexibility index (Phi) is 3.17. The fourth-order valence-electron chi connectivity index (χ4n) is 3.42. The van der Waals surface area contributed by atoms with Gasteiger partial charge in [0.25, 0.3) is 0 Å². The number of aromatic nitrogens is 1. The highest BCUT2D eigenvalue weighted by molar-refractivity contribution is 6.00. The molecule has 0 aromatic carbocycles. The standard InChI is InChI=1S/C15H22N4/c1-2-11-6-4-8-19(11)15-12(14(16)17)9-10-5-3-7-13(10)18-15/h9,11H,2-8H2,1H3,(H3,16,17). The summed E-state index contributed by atoms with van der Waals surface area (Å²) in [5.74, 6) is 1.11. The molecule has 0 saturated carbocycles. The van der Waals surface area contributed by atoms with Crippen LogP contribution in [-0.2, 0) is 12.8 Å². The largest absolute Gasteiger partial charge is 0.384 e. The molecular weight excluding hydrogens is 236 g/mol. The van der Waals surface area contributed by atoms with Gasteiger partial charge in [-0.15, -0.1) is 0 Å². The maximum Gasteiger partial charge on any atom is 0.140 e. The maximum atomic E-state index is 7.84. The van der Waals surface area contributed by atoms with Crippen molar-refractivity contribution >= 4 is 11.7 Å². The molecule has 0 bridgehead atoms. The second-order valence-electron chi connectivity index (χ2n) is 5.63. The lowest BCUT2D eigenvalue weighted by Crippen LogP contribution is -2.32. The monoisotopic (exact) mass is 258 g/mol. The first kappa shape index (κ1) is 12.5. The SMILES string of the molecule is CCC1CCCN1c1nc2c(cc1C(=N)N)CCC2. The third kappa shape index (κ3) is 2.09. The number of pyridine rings is 1. The van der Waals surface area contributed by atoms with Crippen LogP contribution in [0.2, 0.25) is 0 Å². The predicted octanol–water partition coefficient (Wildman–Crippen LogP) is 2.23. The first-order valence-electron chi connectivity index (χ1n) is 7.34. The molecule has 1 aromatic rings. The molecule has 1 unspecified atom stereocenters. The average Bonchev–Trinajstić information content (AvgIpc) is 3.04. The topological polar surface area (TPSA) is 66.0 Å². The molecular formula is C15H22N4. The van der Waals surface area contributed by atoms with Crippen LogP contribution in [-0.4, -0.2) is 23.4 Å². The van der Waals surface area contributed by atoms with Gasteiger partial charge in [-0.2, -0.15) is 0 Å². The van der Waals surface area contributed by atoms with Gasteiger partial charge in [0.1, 0.15) is 11.7 Å². The van der Waals surface area contributed by atoms with E-state index in [1.807, 2.05) is 0 Å². The van der Waals surface area contributed by atoms with E-state index in [2.05, 4.69) is 17.9 Å². The van der Waals surface area contributed by atoms with Crippen LogP contribution in [0.1, 0.15) is 49.4 Å². The van der Waals surface area contributed by atoms with Crippen LogP contribution >= 0.6 is 0 Å². The molecule has 3 N–H and O–H groups in total. The minimum absolute atomic E-state index is 0.152. The van der Waals surface area contributed by atoms with Gasteiger partial charge in [0.15, 0.2) is 0 Å². The van der Waals surface area contributed by atoms with E-state index < -0.39 is 0 Å². The quantitative estimate of drug-likeness (QED) is 0.645. The Morgan fingerprint density at radius 1 is 1.47 bits per heavy atom. The summed E-state index contributed by atoms with van der Waals surface area (Å²) in [4.78, 5) is 7.23. The van der Waals surface area contributed by atoms with E-state index in [1.54, 1.807) is 0 Å². The Labute approximate surface area is 114 Å². The van der Waals surface area contributed by atoms with Crippen LogP contribution in [0.3, 0.4) is 0 Å². The van der Waals surface area contributed by atoms with Gasteiger partial charge < -0.3 is 10.6 Å². The number of aryl methyl sites for hydroxylation is 2. The van der Waals surface area contributed by atoms with Crippen LogP contribution in [0, 0.1) is 5.41 Å². The summed E-state index contributed by atoms with van der Waals surface area (Å²) in [5.41, 5.74) is 9.13. The second kappa shape index (κ2) is 4.83. The molecule has 1 aliphatic heterocycles. The smallest absolute Gasteiger partial charge is 0.140 e. The molecule has 2 aliphatic rings. The number of nitrogen functional groups attached to an aromatic ring is 1.